The lowest BCUT2D eigenvalue weighted by molar-refractivity contribution is 0.0504. The van der Waals surface area contributed by atoms with E-state index in [1.165, 1.54) is 11.1 Å². The van der Waals surface area contributed by atoms with E-state index in [1.807, 2.05) is 57.2 Å². The monoisotopic (exact) mass is 675 g/mol. The quantitative estimate of drug-likeness (QED) is 0.138. The number of nitriles is 2. The first kappa shape index (κ1) is 33.9. The molecule has 0 amide bonds. The zero-order valence-corrected chi connectivity index (χ0v) is 29.8. The highest BCUT2D eigenvalue weighted by Crippen LogP contribution is 2.42. The molecule has 2 aliphatic rings. The molecule has 8 heteroatoms. The van der Waals surface area contributed by atoms with Crippen LogP contribution in [0.3, 0.4) is 0 Å². The number of nitrogens with two attached hydrogens (primary N) is 2. The van der Waals surface area contributed by atoms with E-state index in [0.717, 1.165) is 111 Å². The number of aryl methyl sites for hydroxylation is 2. The molecule has 1 aliphatic heterocycles. The fraction of sp³-hybridized carbons (Fsp3) is 0.302. The SMILES string of the molecule is Cc1cc2c(cc1C#N)c(-c1cccc(N)c1C)cn2C1CCNCC1.Cc1cc2c(cc1C#N)c(-c1cccc(N)c1C)cn2[C@H]1C[C@@H](O)C1. The second-order valence-electron chi connectivity index (χ2n) is 14.3. The third-order valence-corrected chi connectivity index (χ3v) is 11.1. The summed E-state index contributed by atoms with van der Waals surface area (Å²) >= 11 is 0. The number of piperidine rings is 1. The van der Waals surface area contributed by atoms with Gasteiger partial charge in [-0.1, -0.05) is 24.3 Å². The molecule has 0 atom stereocenters. The molecule has 0 spiro atoms. The molecule has 2 fully saturated rings. The van der Waals surface area contributed by atoms with Crippen molar-refractivity contribution < 1.29 is 5.11 Å². The molecule has 0 unspecified atom stereocenters. The standard InChI is InChI=1S/C22H24N4.C21H21N3O/c1-14-10-22-19(11-16(14)12-23)20(18-4-3-5-21(24)15(18)2)13-26(22)17-6-8-25-9-7-17;1-12-6-21-18(7-14(12)10-22)19(11-24(21)15-8-16(25)9-15)17-4-3-5-20(23)13(17)2/h3-5,10-11,13,17,25H,6-9,24H2,1-2H3;3-7,11,15-16,25H,8-9,23H2,1-2H3/t;15-,16+. The molecule has 1 saturated carbocycles. The molecule has 6 aromatic rings. The van der Waals surface area contributed by atoms with E-state index in [1.54, 1.807) is 0 Å². The number of hydrogen-bond donors (Lipinski definition) is 4. The highest BCUT2D eigenvalue weighted by Gasteiger charge is 2.30. The third-order valence-electron chi connectivity index (χ3n) is 11.1. The molecule has 3 heterocycles. The highest BCUT2D eigenvalue weighted by molar-refractivity contribution is 6.00. The van der Waals surface area contributed by atoms with E-state index in [2.05, 4.69) is 70.2 Å². The summed E-state index contributed by atoms with van der Waals surface area (Å²) in [5.41, 5.74) is 26.3. The number of rotatable bonds is 4. The van der Waals surface area contributed by atoms with Gasteiger partial charge in [-0.15, -0.1) is 0 Å². The van der Waals surface area contributed by atoms with Crippen LogP contribution in [0.5, 0.6) is 0 Å². The average Bonchev–Trinajstić information content (AvgIpc) is 3.66. The van der Waals surface area contributed by atoms with E-state index < -0.39 is 0 Å². The van der Waals surface area contributed by atoms with Gasteiger partial charge in [-0.05, 0) is 136 Å². The molecule has 8 nitrogen and oxygen atoms in total. The van der Waals surface area contributed by atoms with Crippen molar-refractivity contribution in [3.8, 4) is 34.4 Å². The summed E-state index contributed by atoms with van der Waals surface area (Å²) < 4.78 is 4.68. The van der Waals surface area contributed by atoms with Crippen molar-refractivity contribution >= 4 is 33.2 Å². The molecule has 6 N–H and O–H groups in total. The van der Waals surface area contributed by atoms with E-state index in [-0.39, 0.29) is 6.10 Å². The Hall–Kier alpha value is -5.54. The lowest BCUT2D eigenvalue weighted by Gasteiger charge is -2.33. The van der Waals surface area contributed by atoms with Crippen LogP contribution in [-0.2, 0) is 0 Å². The van der Waals surface area contributed by atoms with Gasteiger partial charge in [-0.2, -0.15) is 10.5 Å². The summed E-state index contributed by atoms with van der Waals surface area (Å²) in [7, 11) is 0. The van der Waals surface area contributed by atoms with Crippen molar-refractivity contribution in [2.75, 3.05) is 24.6 Å². The first-order valence-corrected chi connectivity index (χ1v) is 17.8. The van der Waals surface area contributed by atoms with E-state index in [9.17, 15) is 15.6 Å². The number of aliphatic hydroxyl groups is 1. The van der Waals surface area contributed by atoms with E-state index >= 15 is 0 Å². The summed E-state index contributed by atoms with van der Waals surface area (Å²) in [4.78, 5) is 0. The fourth-order valence-electron chi connectivity index (χ4n) is 7.84. The summed E-state index contributed by atoms with van der Waals surface area (Å²) in [6.45, 7) is 10.2. The highest BCUT2D eigenvalue weighted by atomic mass is 16.3. The smallest absolute Gasteiger partial charge is 0.0994 e. The van der Waals surface area contributed by atoms with Gasteiger partial charge in [0.15, 0.2) is 0 Å². The van der Waals surface area contributed by atoms with Gasteiger partial charge in [-0.25, -0.2) is 0 Å². The second-order valence-corrected chi connectivity index (χ2v) is 14.3. The number of hydrogen-bond acceptors (Lipinski definition) is 6. The summed E-state index contributed by atoms with van der Waals surface area (Å²) in [5.74, 6) is 0. The molecule has 258 valence electrons. The van der Waals surface area contributed by atoms with Crippen LogP contribution >= 0.6 is 0 Å². The van der Waals surface area contributed by atoms with Crippen molar-refractivity contribution in [1.82, 2.24) is 14.5 Å². The van der Waals surface area contributed by atoms with Crippen LogP contribution in [-0.4, -0.2) is 33.4 Å². The molecular formula is C43H45N7O. The molecule has 51 heavy (non-hydrogen) atoms. The molecule has 0 bridgehead atoms. The van der Waals surface area contributed by atoms with Gasteiger partial charge in [-0.3, -0.25) is 0 Å². The maximum atomic E-state index is 9.72. The van der Waals surface area contributed by atoms with Crippen molar-refractivity contribution in [2.45, 2.75) is 71.6 Å². The Labute approximate surface area is 299 Å². The van der Waals surface area contributed by atoms with Gasteiger partial charge in [0, 0.05) is 68.8 Å². The third kappa shape index (κ3) is 6.12. The number of nitrogen functional groups attached to an aromatic ring is 2. The predicted octanol–water partition coefficient (Wildman–Crippen LogP) is 8.38. The summed E-state index contributed by atoms with van der Waals surface area (Å²) in [6.07, 6.45) is 8.01. The molecule has 8 rings (SSSR count). The Morgan fingerprint density at radius 1 is 0.667 bits per heavy atom. The topological polar surface area (TPSA) is 142 Å². The minimum absolute atomic E-state index is 0.209. The normalized spacial score (nSPS) is 17.4. The van der Waals surface area contributed by atoms with Crippen LogP contribution in [0.4, 0.5) is 11.4 Å². The first-order valence-electron chi connectivity index (χ1n) is 17.8. The lowest BCUT2D eigenvalue weighted by Crippen LogP contribution is -2.30. The van der Waals surface area contributed by atoms with E-state index in [4.69, 9.17) is 11.5 Å². The van der Waals surface area contributed by atoms with Crippen molar-refractivity contribution in [1.29, 1.82) is 10.5 Å². The molecule has 1 saturated heterocycles. The van der Waals surface area contributed by atoms with Crippen LogP contribution in [0.25, 0.3) is 44.1 Å². The van der Waals surface area contributed by atoms with Gasteiger partial charge < -0.3 is 31.0 Å². The number of fused-ring (bicyclic) bond motifs is 2. The molecule has 0 radical (unpaired) electrons. The van der Waals surface area contributed by atoms with Crippen LogP contribution in [0.2, 0.25) is 0 Å². The molecule has 1 aliphatic carbocycles. The summed E-state index contributed by atoms with van der Waals surface area (Å²) in [5, 5.41) is 34.3. The molecule has 2 aromatic heterocycles. The average molecular weight is 676 g/mol. The minimum atomic E-state index is -0.209. The maximum absolute atomic E-state index is 9.72. The summed E-state index contributed by atoms with van der Waals surface area (Å²) in [6, 6.07) is 25.7. The number of nitrogens with one attached hydrogen (secondary N) is 1. The number of aliphatic hydroxyl groups excluding tert-OH is 1. The Morgan fingerprint density at radius 2 is 1.12 bits per heavy atom. The van der Waals surface area contributed by atoms with E-state index in [0.29, 0.717) is 17.6 Å². The van der Waals surface area contributed by atoms with Crippen LogP contribution in [0.15, 0.2) is 73.1 Å². The predicted molar refractivity (Wildman–Crippen MR) is 207 cm³/mol. The van der Waals surface area contributed by atoms with Crippen LogP contribution < -0.4 is 16.8 Å². The van der Waals surface area contributed by atoms with Gasteiger partial charge in [0.2, 0.25) is 0 Å². The van der Waals surface area contributed by atoms with Crippen LogP contribution in [0, 0.1) is 50.4 Å². The van der Waals surface area contributed by atoms with Gasteiger partial charge in [0.05, 0.1) is 29.4 Å². The molecule has 4 aromatic carbocycles. The number of nitrogens with zero attached hydrogens (tertiary/aromatic N) is 4. The largest absolute Gasteiger partial charge is 0.398 e. The first-order chi connectivity index (χ1) is 24.6. The Morgan fingerprint density at radius 3 is 1.55 bits per heavy atom. The second kappa shape index (κ2) is 13.6. The van der Waals surface area contributed by atoms with Crippen molar-refractivity contribution in [2.24, 2.45) is 0 Å². The van der Waals surface area contributed by atoms with Gasteiger partial charge in [0.25, 0.3) is 0 Å². The number of benzene rings is 4. The van der Waals surface area contributed by atoms with Crippen molar-refractivity contribution in [3.63, 3.8) is 0 Å². The van der Waals surface area contributed by atoms with Crippen LogP contribution in [0.1, 0.15) is 71.1 Å². The Bertz CT molecular complexity index is 2370. The Balaban J connectivity index is 0.000000159. The minimum Gasteiger partial charge on any atom is -0.398 e. The lowest BCUT2D eigenvalue weighted by atomic mass is 9.89. The fourth-order valence-corrected chi connectivity index (χ4v) is 7.84. The maximum Gasteiger partial charge on any atom is 0.0994 e. The number of anilines is 2. The van der Waals surface area contributed by atoms with Gasteiger partial charge in [0.1, 0.15) is 0 Å². The number of aromatic nitrogens is 2. The zero-order chi connectivity index (χ0) is 36.0. The van der Waals surface area contributed by atoms with Gasteiger partial charge >= 0.3 is 0 Å². The zero-order valence-electron chi connectivity index (χ0n) is 29.8. The molecular weight excluding hydrogens is 631 g/mol. The van der Waals surface area contributed by atoms with Crippen molar-refractivity contribution in [3.05, 3.63) is 106 Å². The Kier molecular flexibility index (Phi) is 9.08.